The van der Waals surface area contributed by atoms with Crippen LogP contribution in [-0.4, -0.2) is 42.3 Å². The molecule has 8 heteroatoms. The number of hydrogen-bond donors (Lipinski definition) is 1. The predicted octanol–water partition coefficient (Wildman–Crippen LogP) is 1.07. The maximum absolute atomic E-state index is 12.1. The number of hydrogen-bond acceptors (Lipinski definition) is 4. The third-order valence-electron chi connectivity index (χ3n) is 2.39. The molecule has 19 heavy (non-hydrogen) atoms. The van der Waals surface area contributed by atoms with E-state index in [0.29, 0.717) is 0 Å². The van der Waals surface area contributed by atoms with E-state index in [4.69, 9.17) is 11.6 Å². The predicted molar refractivity (Wildman–Crippen MR) is 69.1 cm³/mol. The molecule has 0 unspecified atom stereocenters. The van der Waals surface area contributed by atoms with Gasteiger partial charge >= 0.3 is 0 Å². The van der Waals surface area contributed by atoms with Gasteiger partial charge in [-0.05, 0) is 12.1 Å². The monoisotopic (exact) mass is 285 g/mol. The van der Waals surface area contributed by atoms with Crippen molar-refractivity contribution < 1.29 is 14.5 Å². The van der Waals surface area contributed by atoms with Gasteiger partial charge in [0.1, 0.15) is 5.56 Å². The summed E-state index contributed by atoms with van der Waals surface area (Å²) in [5.74, 6) is -1.02. The summed E-state index contributed by atoms with van der Waals surface area (Å²) in [4.78, 5) is 34.5. The summed E-state index contributed by atoms with van der Waals surface area (Å²) in [6.07, 6.45) is 0. The highest BCUT2D eigenvalue weighted by Gasteiger charge is 2.24. The molecule has 0 saturated carbocycles. The zero-order valence-electron chi connectivity index (χ0n) is 10.3. The Balaban J connectivity index is 3.07. The molecule has 1 aromatic carbocycles. The molecule has 1 N–H and O–H groups in total. The number of likely N-dealkylation sites (N-methyl/N-ethyl adjacent to an activating group) is 2. The zero-order chi connectivity index (χ0) is 14.6. The van der Waals surface area contributed by atoms with Crippen LogP contribution in [0.25, 0.3) is 0 Å². The first-order valence-electron chi connectivity index (χ1n) is 5.26. The van der Waals surface area contributed by atoms with Crippen LogP contribution < -0.4 is 5.32 Å². The van der Waals surface area contributed by atoms with Crippen LogP contribution in [0, 0.1) is 10.1 Å². The molecule has 0 aromatic heterocycles. The first-order chi connectivity index (χ1) is 8.86. The fourth-order valence-electron chi connectivity index (χ4n) is 1.41. The molecule has 0 bridgehead atoms. The lowest BCUT2D eigenvalue weighted by Crippen LogP contribution is -2.37. The largest absolute Gasteiger partial charge is 0.358 e. The summed E-state index contributed by atoms with van der Waals surface area (Å²) in [7, 11) is 2.81. The third kappa shape index (κ3) is 3.65. The third-order valence-corrected chi connectivity index (χ3v) is 2.63. The number of nitrogens with zero attached hydrogens (tertiary/aromatic N) is 2. The van der Waals surface area contributed by atoms with E-state index < -0.39 is 10.8 Å². The van der Waals surface area contributed by atoms with Gasteiger partial charge in [0.15, 0.2) is 0 Å². The lowest BCUT2D eigenvalue weighted by Gasteiger charge is -2.16. The topological polar surface area (TPSA) is 92.6 Å². The van der Waals surface area contributed by atoms with E-state index in [0.717, 1.165) is 11.0 Å². The zero-order valence-corrected chi connectivity index (χ0v) is 11.1. The normalized spacial score (nSPS) is 9.84. The van der Waals surface area contributed by atoms with E-state index in [1.807, 2.05) is 0 Å². The maximum Gasteiger partial charge on any atom is 0.282 e. The molecule has 2 amide bonds. The maximum atomic E-state index is 12.1. The number of amides is 2. The number of nitro benzene ring substituents is 1. The van der Waals surface area contributed by atoms with Gasteiger partial charge < -0.3 is 10.2 Å². The molecule has 0 aliphatic rings. The second kappa shape index (κ2) is 6.14. The Morgan fingerprint density at radius 2 is 2.11 bits per heavy atom. The van der Waals surface area contributed by atoms with Gasteiger partial charge in [0.25, 0.3) is 11.6 Å². The number of nitrogens with one attached hydrogen (secondary N) is 1. The quantitative estimate of drug-likeness (QED) is 0.661. The summed E-state index contributed by atoms with van der Waals surface area (Å²) in [6, 6.07) is 3.70. The molecule has 7 nitrogen and oxygen atoms in total. The first-order valence-corrected chi connectivity index (χ1v) is 5.64. The van der Waals surface area contributed by atoms with Crippen LogP contribution in [0.5, 0.6) is 0 Å². The van der Waals surface area contributed by atoms with Gasteiger partial charge in [-0.3, -0.25) is 19.7 Å². The minimum Gasteiger partial charge on any atom is -0.358 e. The van der Waals surface area contributed by atoms with Crippen molar-refractivity contribution in [1.29, 1.82) is 0 Å². The Morgan fingerprint density at radius 1 is 1.47 bits per heavy atom. The summed E-state index contributed by atoms with van der Waals surface area (Å²) in [5, 5.41) is 13.4. The first kappa shape index (κ1) is 14.9. The highest BCUT2D eigenvalue weighted by Crippen LogP contribution is 2.23. The van der Waals surface area contributed by atoms with Crippen molar-refractivity contribution in [2.75, 3.05) is 20.6 Å². The second-order valence-electron chi connectivity index (χ2n) is 3.75. The highest BCUT2D eigenvalue weighted by molar-refractivity contribution is 6.31. The van der Waals surface area contributed by atoms with E-state index in [9.17, 15) is 19.7 Å². The van der Waals surface area contributed by atoms with Crippen molar-refractivity contribution in [1.82, 2.24) is 10.2 Å². The van der Waals surface area contributed by atoms with Crippen molar-refractivity contribution in [2.24, 2.45) is 0 Å². The minimum atomic E-state index is -0.669. The van der Waals surface area contributed by atoms with Crippen LogP contribution in [0.4, 0.5) is 5.69 Å². The van der Waals surface area contributed by atoms with Gasteiger partial charge in [-0.2, -0.15) is 0 Å². The molecule has 0 aliphatic heterocycles. The van der Waals surface area contributed by atoms with Crippen molar-refractivity contribution in [3.8, 4) is 0 Å². The smallest absolute Gasteiger partial charge is 0.282 e. The summed E-state index contributed by atoms with van der Waals surface area (Å²) in [5.41, 5.74) is -0.498. The van der Waals surface area contributed by atoms with Crippen molar-refractivity contribution in [3.05, 3.63) is 38.9 Å². The van der Waals surface area contributed by atoms with Crippen LogP contribution in [0.15, 0.2) is 18.2 Å². The van der Waals surface area contributed by atoms with Gasteiger partial charge in [0, 0.05) is 25.2 Å². The highest BCUT2D eigenvalue weighted by atomic mass is 35.5. The molecule has 1 aromatic rings. The van der Waals surface area contributed by atoms with Crippen LogP contribution in [0.3, 0.4) is 0 Å². The molecular weight excluding hydrogens is 274 g/mol. The van der Waals surface area contributed by atoms with Gasteiger partial charge in [-0.1, -0.05) is 11.6 Å². The molecule has 102 valence electrons. The fourth-order valence-corrected chi connectivity index (χ4v) is 1.58. The summed E-state index contributed by atoms with van der Waals surface area (Å²) >= 11 is 5.73. The SMILES string of the molecule is CNC(=O)CN(C)C(=O)c1cc(Cl)ccc1[N+](=O)[O-]. The van der Waals surface area contributed by atoms with Gasteiger partial charge in [0.05, 0.1) is 11.5 Å². The number of halogens is 1. The van der Waals surface area contributed by atoms with E-state index in [-0.39, 0.29) is 28.7 Å². The minimum absolute atomic E-state index is 0.149. The van der Waals surface area contributed by atoms with Crippen LogP contribution in [0.2, 0.25) is 5.02 Å². The number of carbonyl (C=O) groups excluding carboxylic acids is 2. The Hall–Kier alpha value is -2.15. The lowest BCUT2D eigenvalue weighted by molar-refractivity contribution is -0.385. The molecule has 0 aliphatic carbocycles. The van der Waals surface area contributed by atoms with Crippen molar-refractivity contribution in [2.45, 2.75) is 0 Å². The average Bonchev–Trinajstić information content (AvgIpc) is 2.36. The average molecular weight is 286 g/mol. The molecule has 0 fully saturated rings. The standard InChI is InChI=1S/C11H12ClN3O4/c1-13-10(16)6-14(2)11(17)8-5-7(12)3-4-9(8)15(18)19/h3-5H,6H2,1-2H3,(H,13,16). The van der Waals surface area contributed by atoms with Gasteiger partial charge in [-0.25, -0.2) is 0 Å². The van der Waals surface area contributed by atoms with Crippen LogP contribution >= 0.6 is 11.6 Å². The van der Waals surface area contributed by atoms with E-state index in [1.54, 1.807) is 0 Å². The number of rotatable bonds is 4. The molecule has 0 saturated heterocycles. The Morgan fingerprint density at radius 3 is 2.63 bits per heavy atom. The van der Waals surface area contributed by atoms with E-state index >= 15 is 0 Å². The molecule has 0 atom stereocenters. The Labute approximate surface area is 114 Å². The number of nitro groups is 1. The summed E-state index contributed by atoms with van der Waals surface area (Å²) < 4.78 is 0. The molecular formula is C11H12ClN3O4. The Bertz CT molecular complexity index is 533. The van der Waals surface area contributed by atoms with Crippen LogP contribution in [-0.2, 0) is 4.79 Å². The van der Waals surface area contributed by atoms with Crippen LogP contribution in [0.1, 0.15) is 10.4 Å². The second-order valence-corrected chi connectivity index (χ2v) is 4.19. The number of carbonyl (C=O) groups is 2. The van der Waals surface area contributed by atoms with E-state index in [1.165, 1.54) is 26.2 Å². The van der Waals surface area contributed by atoms with E-state index in [2.05, 4.69) is 5.32 Å². The van der Waals surface area contributed by atoms with Gasteiger partial charge in [0.2, 0.25) is 5.91 Å². The molecule has 0 heterocycles. The molecule has 0 spiro atoms. The molecule has 1 rings (SSSR count). The van der Waals surface area contributed by atoms with Crippen molar-refractivity contribution >= 4 is 29.1 Å². The van der Waals surface area contributed by atoms with Crippen molar-refractivity contribution in [3.63, 3.8) is 0 Å². The van der Waals surface area contributed by atoms with Gasteiger partial charge in [-0.15, -0.1) is 0 Å². The number of benzene rings is 1. The molecule has 0 radical (unpaired) electrons. The lowest BCUT2D eigenvalue weighted by atomic mass is 10.1. The Kier molecular flexibility index (Phi) is 4.82. The fraction of sp³-hybridized carbons (Fsp3) is 0.273. The summed E-state index contributed by atoms with van der Waals surface area (Å²) in [6.45, 7) is -0.195.